The average Bonchev–Trinajstić information content (AvgIpc) is 2.98. The van der Waals surface area contributed by atoms with Crippen molar-refractivity contribution in [3.8, 4) is 5.75 Å². The number of methoxy groups -OCH3 is 1. The van der Waals surface area contributed by atoms with Crippen LogP contribution in [0.4, 0.5) is 0 Å². The number of nitrogens with zero attached hydrogens (tertiary/aromatic N) is 2. The van der Waals surface area contributed by atoms with E-state index in [9.17, 15) is 4.79 Å². The average molecular weight is 360 g/mol. The summed E-state index contributed by atoms with van der Waals surface area (Å²) in [6, 6.07) is 8.13. The molecule has 1 aromatic carbocycles. The number of unbranched alkanes of at least 4 members (excludes halogenated alkanes) is 1. The van der Waals surface area contributed by atoms with E-state index in [-0.39, 0.29) is 5.91 Å². The molecule has 144 valence electrons. The Balaban J connectivity index is 1.70. The Morgan fingerprint density at radius 2 is 2.00 bits per heavy atom. The van der Waals surface area contributed by atoms with Crippen molar-refractivity contribution in [2.75, 3.05) is 46.5 Å². The van der Waals surface area contributed by atoms with Crippen molar-refractivity contribution in [2.24, 2.45) is 5.92 Å². The van der Waals surface area contributed by atoms with E-state index in [2.05, 4.69) is 16.7 Å². The number of para-hydroxylation sites is 1. The van der Waals surface area contributed by atoms with Crippen LogP contribution in [0.1, 0.15) is 43.0 Å². The molecular formula is C21H32N2O3. The third kappa shape index (κ3) is 4.57. The molecule has 26 heavy (non-hydrogen) atoms. The summed E-state index contributed by atoms with van der Waals surface area (Å²) >= 11 is 0. The highest BCUT2D eigenvalue weighted by molar-refractivity contribution is 5.97. The summed E-state index contributed by atoms with van der Waals surface area (Å²) in [6.45, 7) is 7.25. The van der Waals surface area contributed by atoms with Crippen LogP contribution in [-0.2, 0) is 4.74 Å². The van der Waals surface area contributed by atoms with Crippen molar-refractivity contribution in [3.05, 3.63) is 29.8 Å². The fourth-order valence-corrected chi connectivity index (χ4v) is 4.09. The zero-order chi connectivity index (χ0) is 18.4. The minimum absolute atomic E-state index is 0.114. The standard InChI is InChI=1S/C21H32N2O3/c1-3-4-12-26-20-8-6-5-7-19(20)21(24)23-15-17-9-10-18(16-23)22(14-17)11-13-25-2/h5-8,17-18H,3-4,9-16H2,1-2H3/t17-,18-/m1/s1. The fourth-order valence-electron chi connectivity index (χ4n) is 4.09. The normalized spacial score (nSPS) is 23.1. The fraction of sp³-hybridized carbons (Fsp3) is 0.667. The summed E-state index contributed by atoms with van der Waals surface area (Å²) in [7, 11) is 1.75. The Hall–Kier alpha value is -1.59. The Kier molecular flexibility index (Phi) is 6.92. The lowest BCUT2D eigenvalue weighted by atomic mass is 9.95. The minimum atomic E-state index is 0.114. The molecule has 0 spiro atoms. The van der Waals surface area contributed by atoms with Crippen LogP contribution in [0.5, 0.6) is 5.75 Å². The lowest BCUT2D eigenvalue weighted by Gasteiger charge is -2.35. The van der Waals surface area contributed by atoms with Gasteiger partial charge in [-0.2, -0.15) is 0 Å². The predicted molar refractivity (Wildman–Crippen MR) is 103 cm³/mol. The van der Waals surface area contributed by atoms with Gasteiger partial charge in [0.25, 0.3) is 5.91 Å². The van der Waals surface area contributed by atoms with E-state index in [0.29, 0.717) is 24.1 Å². The highest BCUT2D eigenvalue weighted by Crippen LogP contribution is 2.30. The maximum atomic E-state index is 13.2. The Morgan fingerprint density at radius 3 is 2.81 bits per heavy atom. The zero-order valence-corrected chi connectivity index (χ0v) is 16.2. The summed E-state index contributed by atoms with van der Waals surface area (Å²) in [6.07, 6.45) is 4.48. The molecule has 0 aromatic heterocycles. The molecule has 3 saturated heterocycles. The molecule has 1 amide bonds. The number of hydrogen-bond donors (Lipinski definition) is 0. The summed E-state index contributed by atoms with van der Waals surface area (Å²) < 4.78 is 11.2. The van der Waals surface area contributed by atoms with Gasteiger partial charge in [-0.15, -0.1) is 0 Å². The lowest BCUT2D eigenvalue weighted by molar-refractivity contribution is 0.0714. The van der Waals surface area contributed by atoms with Gasteiger partial charge in [0.15, 0.2) is 0 Å². The largest absolute Gasteiger partial charge is 0.493 e. The van der Waals surface area contributed by atoms with Crippen molar-refractivity contribution in [2.45, 2.75) is 38.6 Å². The predicted octanol–water partition coefficient (Wildman–Crippen LogP) is 3.05. The second-order valence-electron chi connectivity index (χ2n) is 7.49. The highest BCUT2D eigenvalue weighted by atomic mass is 16.5. The van der Waals surface area contributed by atoms with E-state index < -0.39 is 0 Å². The molecule has 3 aliphatic rings. The monoisotopic (exact) mass is 360 g/mol. The van der Waals surface area contributed by atoms with Gasteiger partial charge in [0.2, 0.25) is 0 Å². The van der Waals surface area contributed by atoms with Gasteiger partial charge in [0.1, 0.15) is 5.75 Å². The first-order chi connectivity index (χ1) is 12.7. The molecule has 0 radical (unpaired) electrons. The van der Waals surface area contributed by atoms with E-state index in [1.54, 1.807) is 7.11 Å². The summed E-state index contributed by atoms with van der Waals surface area (Å²) in [5.74, 6) is 1.39. The van der Waals surface area contributed by atoms with Crippen LogP contribution in [0, 0.1) is 5.92 Å². The van der Waals surface area contributed by atoms with Gasteiger partial charge < -0.3 is 14.4 Å². The number of hydrogen-bond acceptors (Lipinski definition) is 4. The molecule has 0 N–H and O–H groups in total. The Morgan fingerprint density at radius 1 is 1.15 bits per heavy atom. The van der Waals surface area contributed by atoms with Crippen LogP contribution in [0.25, 0.3) is 0 Å². The number of ether oxygens (including phenoxy) is 2. The van der Waals surface area contributed by atoms with Crippen LogP contribution in [0.15, 0.2) is 24.3 Å². The molecule has 5 heteroatoms. The molecule has 2 atom stereocenters. The summed E-state index contributed by atoms with van der Waals surface area (Å²) in [5.41, 5.74) is 0.702. The molecule has 0 unspecified atom stereocenters. The van der Waals surface area contributed by atoms with E-state index in [1.165, 1.54) is 12.8 Å². The van der Waals surface area contributed by atoms with Crippen molar-refractivity contribution >= 4 is 5.91 Å². The van der Waals surface area contributed by atoms with Crippen LogP contribution >= 0.6 is 0 Å². The van der Waals surface area contributed by atoms with Crippen molar-refractivity contribution < 1.29 is 14.3 Å². The van der Waals surface area contributed by atoms with Gasteiger partial charge in [0.05, 0.1) is 18.8 Å². The molecule has 1 aromatic rings. The van der Waals surface area contributed by atoms with Crippen molar-refractivity contribution in [1.82, 2.24) is 9.80 Å². The van der Waals surface area contributed by atoms with Gasteiger partial charge in [-0.3, -0.25) is 9.69 Å². The maximum absolute atomic E-state index is 13.2. The zero-order valence-electron chi connectivity index (χ0n) is 16.2. The first-order valence-electron chi connectivity index (χ1n) is 9.97. The molecule has 3 heterocycles. The van der Waals surface area contributed by atoms with Gasteiger partial charge in [-0.05, 0) is 37.3 Å². The minimum Gasteiger partial charge on any atom is -0.493 e. The van der Waals surface area contributed by atoms with E-state index in [4.69, 9.17) is 9.47 Å². The Bertz CT molecular complexity index is 592. The number of carbonyl (C=O) groups is 1. The maximum Gasteiger partial charge on any atom is 0.257 e. The number of rotatable bonds is 8. The smallest absolute Gasteiger partial charge is 0.257 e. The van der Waals surface area contributed by atoms with E-state index >= 15 is 0 Å². The van der Waals surface area contributed by atoms with Crippen LogP contribution < -0.4 is 4.74 Å². The topological polar surface area (TPSA) is 42.0 Å². The first kappa shape index (κ1) is 19.2. The molecule has 4 rings (SSSR count). The molecule has 3 fully saturated rings. The Labute approximate surface area is 157 Å². The summed E-state index contributed by atoms with van der Waals surface area (Å²) in [4.78, 5) is 17.8. The van der Waals surface area contributed by atoms with Crippen LogP contribution in [0.2, 0.25) is 0 Å². The molecule has 0 saturated carbocycles. The number of piperidine rings is 1. The van der Waals surface area contributed by atoms with Crippen LogP contribution in [-0.4, -0.2) is 68.3 Å². The lowest BCUT2D eigenvalue weighted by Crippen LogP contribution is -2.45. The van der Waals surface area contributed by atoms with Gasteiger partial charge in [0, 0.05) is 39.3 Å². The molecule has 2 bridgehead atoms. The molecular weight excluding hydrogens is 328 g/mol. The quantitative estimate of drug-likeness (QED) is 0.668. The van der Waals surface area contributed by atoms with E-state index in [0.717, 1.165) is 51.4 Å². The second-order valence-corrected chi connectivity index (χ2v) is 7.49. The molecule has 0 aliphatic carbocycles. The first-order valence-corrected chi connectivity index (χ1v) is 9.97. The number of benzene rings is 1. The van der Waals surface area contributed by atoms with Crippen molar-refractivity contribution in [1.29, 1.82) is 0 Å². The number of carbonyl (C=O) groups excluding carboxylic acids is 1. The van der Waals surface area contributed by atoms with Crippen LogP contribution in [0.3, 0.4) is 0 Å². The number of fused-ring (bicyclic) bond motifs is 4. The number of amides is 1. The highest BCUT2D eigenvalue weighted by Gasteiger charge is 2.36. The second kappa shape index (κ2) is 9.38. The van der Waals surface area contributed by atoms with E-state index in [1.807, 2.05) is 24.3 Å². The van der Waals surface area contributed by atoms with Crippen molar-refractivity contribution in [3.63, 3.8) is 0 Å². The third-order valence-electron chi connectivity index (χ3n) is 5.57. The third-order valence-corrected chi connectivity index (χ3v) is 5.57. The molecule has 5 nitrogen and oxygen atoms in total. The summed E-state index contributed by atoms with van der Waals surface area (Å²) in [5, 5.41) is 0. The molecule has 3 aliphatic heterocycles. The SMILES string of the molecule is CCCCOc1ccccc1C(=O)N1C[C@@H]2CC[C@H](C1)N(CCOC)C2. The van der Waals surface area contributed by atoms with Gasteiger partial charge >= 0.3 is 0 Å². The van der Waals surface area contributed by atoms with Gasteiger partial charge in [-0.25, -0.2) is 0 Å². The van der Waals surface area contributed by atoms with Gasteiger partial charge in [-0.1, -0.05) is 25.5 Å².